The molecule has 4 nitrogen and oxygen atoms in total. The maximum absolute atomic E-state index is 10.9. The number of nitrogens with zero attached hydrogens (tertiary/aromatic N) is 1. The fourth-order valence-electron chi connectivity index (χ4n) is 2.21. The summed E-state index contributed by atoms with van der Waals surface area (Å²) >= 11 is 0. The minimum Gasteiger partial charge on any atom is -0.478 e. The highest BCUT2D eigenvalue weighted by molar-refractivity contribution is 5.89. The minimum absolute atomic E-state index is 0.363. The van der Waals surface area contributed by atoms with E-state index in [2.05, 4.69) is 4.90 Å². The van der Waals surface area contributed by atoms with Crippen LogP contribution in [0.15, 0.2) is 18.2 Å². The number of hydrogen-bond donors (Lipinski definition) is 1. The van der Waals surface area contributed by atoms with Crippen LogP contribution < -0.4 is 4.90 Å². The van der Waals surface area contributed by atoms with E-state index in [1.807, 2.05) is 6.07 Å². The number of carbonyl (C=O) groups is 1. The highest BCUT2D eigenvalue weighted by Gasteiger charge is 2.19. The molecular formula is C13H17NO3. The van der Waals surface area contributed by atoms with Crippen LogP contribution in [0.5, 0.6) is 0 Å². The van der Waals surface area contributed by atoms with Crippen molar-refractivity contribution < 1.29 is 14.6 Å². The van der Waals surface area contributed by atoms with Gasteiger partial charge in [0.2, 0.25) is 0 Å². The first-order valence-electron chi connectivity index (χ1n) is 5.82. The van der Waals surface area contributed by atoms with E-state index in [9.17, 15) is 4.79 Å². The predicted molar refractivity (Wildman–Crippen MR) is 65.8 cm³/mol. The molecule has 0 atom stereocenters. The summed E-state index contributed by atoms with van der Waals surface area (Å²) in [7, 11) is 1.69. The lowest BCUT2D eigenvalue weighted by molar-refractivity contribution is 0.0697. The normalized spacial score (nSPS) is 13.8. The monoisotopic (exact) mass is 235 g/mol. The molecule has 17 heavy (non-hydrogen) atoms. The van der Waals surface area contributed by atoms with Crippen LogP contribution in [0.2, 0.25) is 0 Å². The fraction of sp³-hybridized carbons (Fsp3) is 0.462. The van der Waals surface area contributed by atoms with Gasteiger partial charge in [0.15, 0.2) is 0 Å². The third-order valence-corrected chi connectivity index (χ3v) is 3.10. The Hall–Kier alpha value is -1.55. The summed E-state index contributed by atoms with van der Waals surface area (Å²) in [6, 6.07) is 5.38. The molecule has 0 unspecified atom stereocenters. The average Bonchev–Trinajstić information content (AvgIpc) is 2.72. The number of fused-ring (bicyclic) bond motifs is 1. The van der Waals surface area contributed by atoms with Gasteiger partial charge in [0.05, 0.1) is 5.56 Å². The molecular weight excluding hydrogens is 218 g/mol. The largest absolute Gasteiger partial charge is 0.478 e. The van der Waals surface area contributed by atoms with E-state index in [4.69, 9.17) is 9.84 Å². The van der Waals surface area contributed by atoms with Crippen molar-refractivity contribution >= 4 is 11.7 Å². The van der Waals surface area contributed by atoms with Crippen LogP contribution in [0, 0.1) is 0 Å². The van der Waals surface area contributed by atoms with Crippen molar-refractivity contribution in [1.29, 1.82) is 0 Å². The minimum atomic E-state index is -0.864. The lowest BCUT2D eigenvalue weighted by Crippen LogP contribution is -2.22. The number of benzene rings is 1. The third-order valence-electron chi connectivity index (χ3n) is 3.10. The molecule has 1 heterocycles. The second-order valence-corrected chi connectivity index (χ2v) is 4.23. The van der Waals surface area contributed by atoms with Gasteiger partial charge in [-0.25, -0.2) is 4.79 Å². The molecule has 0 spiro atoms. The molecule has 1 N–H and O–H groups in total. The number of carboxylic acids is 1. The van der Waals surface area contributed by atoms with Crippen molar-refractivity contribution in [2.24, 2.45) is 0 Å². The molecule has 0 saturated carbocycles. The number of ether oxygens (including phenoxy) is 1. The highest BCUT2D eigenvalue weighted by Crippen LogP contribution is 2.29. The van der Waals surface area contributed by atoms with Crippen molar-refractivity contribution in [2.45, 2.75) is 12.8 Å². The Balaban J connectivity index is 2.12. The Bertz CT molecular complexity index is 417. The average molecular weight is 235 g/mol. The van der Waals surface area contributed by atoms with Gasteiger partial charge in [-0.05, 0) is 30.5 Å². The second kappa shape index (κ2) is 5.19. The van der Waals surface area contributed by atoms with Crippen LogP contribution in [-0.2, 0) is 11.2 Å². The Morgan fingerprint density at radius 1 is 1.53 bits per heavy atom. The fourth-order valence-corrected chi connectivity index (χ4v) is 2.21. The van der Waals surface area contributed by atoms with Gasteiger partial charge in [-0.3, -0.25) is 0 Å². The molecule has 0 amide bonds. The van der Waals surface area contributed by atoms with E-state index in [0.717, 1.165) is 38.2 Å². The quantitative estimate of drug-likeness (QED) is 0.790. The molecule has 1 aromatic carbocycles. The lowest BCUT2D eigenvalue weighted by Gasteiger charge is -2.19. The van der Waals surface area contributed by atoms with E-state index in [-0.39, 0.29) is 0 Å². The Kier molecular flexibility index (Phi) is 3.64. The summed E-state index contributed by atoms with van der Waals surface area (Å²) in [6.07, 6.45) is 1.97. The van der Waals surface area contributed by atoms with Crippen LogP contribution in [0.25, 0.3) is 0 Å². The van der Waals surface area contributed by atoms with Gasteiger partial charge in [-0.15, -0.1) is 0 Å². The molecule has 0 bridgehead atoms. The van der Waals surface area contributed by atoms with Gasteiger partial charge in [-0.2, -0.15) is 0 Å². The molecule has 92 valence electrons. The molecule has 2 rings (SSSR count). The Labute approximate surface area is 101 Å². The highest BCUT2D eigenvalue weighted by atomic mass is 16.5. The molecule has 0 radical (unpaired) electrons. The molecule has 0 saturated heterocycles. The van der Waals surface area contributed by atoms with E-state index in [0.29, 0.717) is 5.56 Å². The number of hydrogen-bond acceptors (Lipinski definition) is 3. The first-order chi connectivity index (χ1) is 8.22. The summed E-state index contributed by atoms with van der Waals surface area (Å²) in [4.78, 5) is 13.2. The summed E-state index contributed by atoms with van der Waals surface area (Å²) < 4.78 is 5.03. The van der Waals surface area contributed by atoms with Crippen molar-refractivity contribution in [1.82, 2.24) is 0 Å². The molecule has 0 fully saturated rings. The van der Waals surface area contributed by atoms with Gasteiger partial charge in [0, 0.05) is 32.5 Å². The number of anilines is 1. The van der Waals surface area contributed by atoms with Crippen LogP contribution in [0.3, 0.4) is 0 Å². The van der Waals surface area contributed by atoms with Gasteiger partial charge in [0.25, 0.3) is 0 Å². The number of methoxy groups -OCH3 is 1. The SMILES string of the molecule is COCCCN1CCc2ccc(C(=O)O)cc21. The van der Waals surface area contributed by atoms with E-state index in [1.165, 1.54) is 5.56 Å². The summed E-state index contributed by atoms with van der Waals surface area (Å²) in [5, 5.41) is 8.98. The molecule has 1 aliphatic heterocycles. The van der Waals surface area contributed by atoms with Crippen LogP contribution in [-0.4, -0.2) is 37.9 Å². The van der Waals surface area contributed by atoms with Crippen LogP contribution in [0.4, 0.5) is 5.69 Å². The van der Waals surface area contributed by atoms with E-state index < -0.39 is 5.97 Å². The molecule has 4 heteroatoms. The zero-order valence-electron chi connectivity index (χ0n) is 9.98. The zero-order chi connectivity index (χ0) is 12.3. The molecule has 1 aromatic rings. The maximum atomic E-state index is 10.9. The maximum Gasteiger partial charge on any atom is 0.335 e. The smallest absolute Gasteiger partial charge is 0.335 e. The number of aromatic carboxylic acids is 1. The standard InChI is InChI=1S/C13H17NO3/c1-17-8-2-6-14-7-5-10-3-4-11(13(15)16)9-12(10)14/h3-4,9H,2,5-8H2,1H3,(H,15,16). The van der Waals surface area contributed by atoms with Gasteiger partial charge < -0.3 is 14.7 Å². The van der Waals surface area contributed by atoms with Crippen molar-refractivity contribution in [3.63, 3.8) is 0 Å². The summed E-state index contributed by atoms with van der Waals surface area (Å²) in [5.41, 5.74) is 2.68. The zero-order valence-corrected chi connectivity index (χ0v) is 9.98. The first kappa shape index (κ1) is 11.9. The van der Waals surface area contributed by atoms with E-state index >= 15 is 0 Å². The topological polar surface area (TPSA) is 49.8 Å². The molecule has 0 aromatic heterocycles. The van der Waals surface area contributed by atoms with Crippen LogP contribution in [0.1, 0.15) is 22.3 Å². The second-order valence-electron chi connectivity index (χ2n) is 4.23. The summed E-state index contributed by atoms with van der Waals surface area (Å²) in [5.74, 6) is -0.864. The summed E-state index contributed by atoms with van der Waals surface area (Å²) in [6.45, 7) is 2.64. The number of rotatable bonds is 5. The van der Waals surface area contributed by atoms with E-state index in [1.54, 1.807) is 19.2 Å². The van der Waals surface area contributed by atoms with Gasteiger partial charge in [-0.1, -0.05) is 6.07 Å². The van der Waals surface area contributed by atoms with Crippen molar-refractivity contribution in [2.75, 3.05) is 31.7 Å². The number of carboxylic acid groups (broad SMARTS) is 1. The van der Waals surface area contributed by atoms with Crippen LogP contribution >= 0.6 is 0 Å². The lowest BCUT2D eigenvalue weighted by atomic mass is 10.1. The van der Waals surface area contributed by atoms with Crippen molar-refractivity contribution in [3.05, 3.63) is 29.3 Å². The Morgan fingerprint density at radius 3 is 3.06 bits per heavy atom. The Morgan fingerprint density at radius 2 is 2.35 bits per heavy atom. The first-order valence-corrected chi connectivity index (χ1v) is 5.82. The molecule has 1 aliphatic rings. The predicted octanol–water partition coefficient (Wildman–Crippen LogP) is 1.78. The third kappa shape index (κ3) is 2.58. The van der Waals surface area contributed by atoms with Gasteiger partial charge in [0.1, 0.15) is 0 Å². The van der Waals surface area contributed by atoms with Crippen molar-refractivity contribution in [3.8, 4) is 0 Å². The molecule has 0 aliphatic carbocycles. The van der Waals surface area contributed by atoms with Gasteiger partial charge >= 0.3 is 5.97 Å².